The molecule has 3 aromatic carbocycles. The Hall–Kier alpha value is -3.46. The van der Waals surface area contributed by atoms with Gasteiger partial charge in [0.05, 0.1) is 32.4 Å². The summed E-state index contributed by atoms with van der Waals surface area (Å²) in [7, 11) is -1.25. The maximum atomic E-state index is 12.8. The van der Waals surface area contributed by atoms with Crippen LogP contribution in [0.2, 0.25) is 24.7 Å². The Labute approximate surface area is 314 Å². The summed E-state index contributed by atoms with van der Waals surface area (Å²) in [6.45, 7) is 8.42. The van der Waals surface area contributed by atoms with Gasteiger partial charge in [0.1, 0.15) is 11.5 Å². The molecular formula is C44H64O7Si. The van der Waals surface area contributed by atoms with Gasteiger partial charge >= 0.3 is 11.9 Å². The van der Waals surface area contributed by atoms with E-state index in [1.165, 1.54) is 63.1 Å². The number of carbonyl (C=O) groups excluding carboxylic acids is 2. The first kappa shape index (κ1) is 42.9. The van der Waals surface area contributed by atoms with Crippen molar-refractivity contribution >= 4 is 20.0 Å². The van der Waals surface area contributed by atoms with Gasteiger partial charge < -0.3 is 24.4 Å². The Morgan fingerprint density at radius 1 is 0.596 bits per heavy atom. The van der Waals surface area contributed by atoms with Gasteiger partial charge in [0.15, 0.2) is 0 Å². The zero-order valence-electron chi connectivity index (χ0n) is 32.1. The van der Waals surface area contributed by atoms with E-state index in [1.54, 1.807) is 36.4 Å². The normalized spacial score (nSPS) is 12.0. The number of benzene rings is 3. The quantitative estimate of drug-likeness (QED) is 0.0348. The number of hydrogen-bond donors (Lipinski definition) is 2. The van der Waals surface area contributed by atoms with Crippen molar-refractivity contribution in [1.82, 2.24) is 0 Å². The molecular weight excluding hydrogens is 669 g/mol. The molecule has 0 fully saturated rings. The molecule has 0 saturated heterocycles. The van der Waals surface area contributed by atoms with Gasteiger partial charge in [-0.05, 0) is 84.8 Å². The fourth-order valence-corrected chi connectivity index (χ4v) is 10.5. The Balaban J connectivity index is 1.36. The Bertz CT molecular complexity index is 1390. The van der Waals surface area contributed by atoms with Crippen LogP contribution in [0.15, 0.2) is 72.8 Å². The summed E-state index contributed by atoms with van der Waals surface area (Å²) in [6.07, 6.45) is 15.0. The van der Waals surface area contributed by atoms with E-state index in [0.29, 0.717) is 49.2 Å². The van der Waals surface area contributed by atoms with Gasteiger partial charge in [-0.15, -0.1) is 0 Å². The third-order valence-corrected chi connectivity index (χ3v) is 14.8. The molecule has 0 aliphatic carbocycles. The molecule has 52 heavy (non-hydrogen) atoms. The van der Waals surface area contributed by atoms with Crippen molar-refractivity contribution in [3.05, 3.63) is 83.9 Å². The van der Waals surface area contributed by atoms with Crippen LogP contribution in [0, 0.1) is 5.92 Å². The van der Waals surface area contributed by atoms with Gasteiger partial charge in [-0.2, -0.15) is 0 Å². The van der Waals surface area contributed by atoms with Gasteiger partial charge in [-0.25, -0.2) is 9.59 Å². The van der Waals surface area contributed by atoms with Crippen molar-refractivity contribution < 1.29 is 34.0 Å². The van der Waals surface area contributed by atoms with Crippen LogP contribution in [-0.2, 0) is 4.74 Å². The maximum absolute atomic E-state index is 12.8. The van der Waals surface area contributed by atoms with E-state index in [1.807, 2.05) is 43.3 Å². The predicted molar refractivity (Wildman–Crippen MR) is 214 cm³/mol. The summed E-state index contributed by atoms with van der Waals surface area (Å²) < 4.78 is 16.9. The lowest BCUT2D eigenvalue weighted by Gasteiger charge is -2.28. The SMILES string of the molecule is CCC(C)COC(=O)c1ccc(OC(=O)c2ccc(-c3ccc(OCCCCCC[Si](C)(CCCCCCO)CCCCCCO)cc3)cc2)cc1. The van der Waals surface area contributed by atoms with Crippen LogP contribution in [-0.4, -0.2) is 56.7 Å². The van der Waals surface area contributed by atoms with Crippen molar-refractivity contribution in [3.8, 4) is 22.6 Å². The smallest absolute Gasteiger partial charge is 0.343 e. The van der Waals surface area contributed by atoms with E-state index in [4.69, 9.17) is 24.4 Å². The Kier molecular flexibility index (Phi) is 20.4. The molecule has 0 aliphatic rings. The third kappa shape index (κ3) is 16.5. The standard InChI is InChI=1S/C44H64O7Si/c1-4-36(2)35-50-43(47)39-23-27-42(28-24-39)51-44(48)40-19-17-37(18-20-40)38-21-25-41(26-22-38)49-31-13-7-10-16-34-52(3,32-14-8-5-11-29-45)33-15-9-6-12-30-46/h17-28,36,45-46H,4-16,29-35H2,1-3H3. The van der Waals surface area contributed by atoms with Crippen LogP contribution in [0.25, 0.3) is 11.1 Å². The second-order valence-corrected chi connectivity index (χ2v) is 19.8. The summed E-state index contributed by atoms with van der Waals surface area (Å²) in [5.74, 6) is 0.686. The van der Waals surface area contributed by atoms with E-state index < -0.39 is 14.0 Å². The molecule has 0 heterocycles. The molecule has 0 radical (unpaired) electrons. The van der Waals surface area contributed by atoms with Crippen molar-refractivity contribution in [2.75, 3.05) is 26.4 Å². The molecule has 2 N–H and O–H groups in total. The topological polar surface area (TPSA) is 102 Å². The summed E-state index contributed by atoms with van der Waals surface area (Å²) in [6, 6.07) is 26.0. The van der Waals surface area contributed by atoms with Crippen LogP contribution in [0.4, 0.5) is 0 Å². The number of aliphatic hydroxyl groups excluding tert-OH is 2. The molecule has 8 heteroatoms. The molecule has 0 aliphatic heterocycles. The fourth-order valence-electron chi connectivity index (χ4n) is 6.39. The number of unbranched alkanes of at least 4 members (excludes halogenated alkanes) is 9. The molecule has 0 saturated carbocycles. The second kappa shape index (κ2) is 24.7. The molecule has 0 aromatic heterocycles. The molecule has 1 atom stereocenters. The van der Waals surface area contributed by atoms with Crippen molar-refractivity contribution in [3.63, 3.8) is 0 Å². The lowest BCUT2D eigenvalue weighted by atomic mass is 10.0. The van der Waals surface area contributed by atoms with E-state index in [0.717, 1.165) is 55.4 Å². The van der Waals surface area contributed by atoms with Crippen LogP contribution in [0.3, 0.4) is 0 Å². The van der Waals surface area contributed by atoms with Crippen LogP contribution in [0.1, 0.15) is 118 Å². The van der Waals surface area contributed by atoms with Gasteiger partial charge in [0.2, 0.25) is 0 Å². The molecule has 0 bridgehead atoms. The van der Waals surface area contributed by atoms with Gasteiger partial charge in [0.25, 0.3) is 0 Å². The first-order valence-corrected chi connectivity index (χ1v) is 22.9. The minimum Gasteiger partial charge on any atom is -0.494 e. The molecule has 286 valence electrons. The first-order valence-electron chi connectivity index (χ1n) is 19.8. The summed E-state index contributed by atoms with van der Waals surface area (Å²) in [5.41, 5.74) is 2.90. The van der Waals surface area contributed by atoms with E-state index in [-0.39, 0.29) is 5.97 Å². The summed E-state index contributed by atoms with van der Waals surface area (Å²) in [4.78, 5) is 25.0. The molecule has 7 nitrogen and oxygen atoms in total. The van der Waals surface area contributed by atoms with Gasteiger partial charge in [-0.3, -0.25) is 0 Å². The van der Waals surface area contributed by atoms with E-state index in [9.17, 15) is 9.59 Å². The average Bonchev–Trinajstić information content (AvgIpc) is 3.17. The number of hydrogen-bond acceptors (Lipinski definition) is 7. The Morgan fingerprint density at radius 3 is 1.56 bits per heavy atom. The predicted octanol–water partition coefficient (Wildman–Crippen LogP) is 10.9. The highest BCUT2D eigenvalue weighted by atomic mass is 28.3. The van der Waals surface area contributed by atoms with Crippen LogP contribution in [0.5, 0.6) is 11.5 Å². The third-order valence-electron chi connectivity index (χ3n) is 10.1. The highest BCUT2D eigenvalue weighted by molar-refractivity contribution is 6.78. The molecule has 1 unspecified atom stereocenters. The van der Waals surface area contributed by atoms with E-state index in [2.05, 4.69) is 13.5 Å². The maximum Gasteiger partial charge on any atom is 0.343 e. The number of esters is 2. The number of rotatable bonds is 27. The minimum atomic E-state index is -1.25. The number of ether oxygens (including phenoxy) is 3. The molecule has 0 amide bonds. The largest absolute Gasteiger partial charge is 0.494 e. The molecule has 3 aromatic rings. The van der Waals surface area contributed by atoms with Gasteiger partial charge in [-0.1, -0.05) is 127 Å². The molecule has 0 spiro atoms. The van der Waals surface area contributed by atoms with Crippen LogP contribution >= 0.6 is 0 Å². The summed E-state index contributed by atoms with van der Waals surface area (Å²) in [5, 5.41) is 18.2. The Morgan fingerprint density at radius 2 is 1.04 bits per heavy atom. The monoisotopic (exact) mass is 732 g/mol. The van der Waals surface area contributed by atoms with Crippen molar-refractivity contribution in [2.45, 2.75) is 122 Å². The summed E-state index contributed by atoms with van der Waals surface area (Å²) >= 11 is 0. The highest BCUT2D eigenvalue weighted by Gasteiger charge is 2.25. The minimum absolute atomic E-state index is 0.309. The number of aliphatic hydroxyl groups is 2. The second-order valence-electron chi connectivity index (χ2n) is 14.7. The highest BCUT2D eigenvalue weighted by Crippen LogP contribution is 2.30. The first-order chi connectivity index (χ1) is 25.3. The number of carbonyl (C=O) groups is 2. The average molecular weight is 733 g/mol. The zero-order chi connectivity index (χ0) is 37.4. The zero-order valence-corrected chi connectivity index (χ0v) is 33.1. The molecule has 3 rings (SSSR count). The van der Waals surface area contributed by atoms with Gasteiger partial charge in [0, 0.05) is 13.2 Å². The van der Waals surface area contributed by atoms with E-state index >= 15 is 0 Å². The van der Waals surface area contributed by atoms with Crippen molar-refractivity contribution in [1.29, 1.82) is 0 Å². The van der Waals surface area contributed by atoms with Crippen LogP contribution < -0.4 is 9.47 Å². The lowest BCUT2D eigenvalue weighted by Crippen LogP contribution is -2.29. The van der Waals surface area contributed by atoms with Crippen molar-refractivity contribution in [2.24, 2.45) is 5.92 Å². The lowest BCUT2D eigenvalue weighted by molar-refractivity contribution is 0.0447. The fraction of sp³-hybridized carbons (Fsp3) is 0.545.